The topological polar surface area (TPSA) is 100 Å². The largest absolute Gasteiger partial charge is 0.497 e. The number of methoxy groups -OCH3 is 1. The lowest BCUT2D eigenvalue weighted by Crippen LogP contribution is -2.31. The summed E-state index contributed by atoms with van der Waals surface area (Å²) in [4.78, 5) is 39.3. The number of hydrogen-bond donors (Lipinski definition) is 1. The zero-order chi connectivity index (χ0) is 29.5. The van der Waals surface area contributed by atoms with E-state index in [1.165, 1.54) is 11.0 Å². The van der Waals surface area contributed by atoms with Crippen LogP contribution in [0.1, 0.15) is 24.0 Å². The molecule has 0 atom stereocenters. The summed E-state index contributed by atoms with van der Waals surface area (Å²) in [6, 6.07) is 14.4. The van der Waals surface area contributed by atoms with Gasteiger partial charge in [0.15, 0.2) is 0 Å². The first-order valence-corrected chi connectivity index (χ1v) is 14.1. The Hall–Kier alpha value is -5.19. The molecule has 3 aliphatic heterocycles. The molecule has 1 N–H and O–H groups in total. The maximum atomic E-state index is 15.1. The van der Waals surface area contributed by atoms with E-state index < -0.39 is 5.82 Å². The Bertz CT molecular complexity index is 1730. The minimum Gasteiger partial charge on any atom is -0.497 e. The molecule has 218 valence electrons. The molecule has 0 spiro atoms. The lowest BCUT2D eigenvalue weighted by Gasteiger charge is -2.24. The second kappa shape index (κ2) is 10.9. The van der Waals surface area contributed by atoms with Gasteiger partial charge in [-0.3, -0.25) is 14.7 Å². The number of hydrogen-bond acceptors (Lipinski definition) is 7. The average Bonchev–Trinajstić information content (AvgIpc) is 3.62. The number of rotatable bonds is 7. The molecule has 0 unspecified atom stereocenters. The number of nitrogens with zero attached hydrogens (tertiary/aromatic N) is 5. The lowest BCUT2D eigenvalue weighted by atomic mass is 9.98. The van der Waals surface area contributed by atoms with Crippen LogP contribution in [0.4, 0.5) is 32.1 Å². The summed E-state index contributed by atoms with van der Waals surface area (Å²) in [6.45, 7) is 2.45. The molecule has 2 saturated heterocycles. The Balaban J connectivity index is 1.06. The Labute approximate surface area is 247 Å². The third-order valence-electron chi connectivity index (χ3n) is 8.01. The normalized spacial score (nSPS) is 15.8. The Morgan fingerprint density at radius 1 is 0.977 bits per heavy atom. The van der Waals surface area contributed by atoms with Crippen molar-refractivity contribution in [3.63, 3.8) is 0 Å². The number of halogens is 1. The van der Waals surface area contributed by atoms with Crippen LogP contribution in [-0.2, 0) is 17.9 Å². The number of carbonyl (C=O) groups excluding carboxylic acids is 2. The summed E-state index contributed by atoms with van der Waals surface area (Å²) >= 11 is 0. The highest BCUT2D eigenvalue weighted by molar-refractivity contribution is 5.96. The summed E-state index contributed by atoms with van der Waals surface area (Å²) < 4.78 is 26.3. The van der Waals surface area contributed by atoms with Gasteiger partial charge in [-0.1, -0.05) is 12.1 Å². The van der Waals surface area contributed by atoms with Crippen LogP contribution >= 0.6 is 0 Å². The third kappa shape index (κ3) is 5.07. The number of amides is 3. The van der Waals surface area contributed by atoms with Crippen molar-refractivity contribution >= 4 is 34.8 Å². The van der Waals surface area contributed by atoms with E-state index in [2.05, 4.69) is 15.3 Å². The van der Waals surface area contributed by atoms with Crippen LogP contribution in [0.15, 0.2) is 67.1 Å². The Morgan fingerprint density at radius 3 is 2.63 bits per heavy atom. The summed E-state index contributed by atoms with van der Waals surface area (Å²) in [5.74, 6) is 1.33. The first-order chi connectivity index (χ1) is 21.0. The van der Waals surface area contributed by atoms with Crippen LogP contribution in [0.5, 0.6) is 11.5 Å². The molecule has 0 saturated carbocycles. The van der Waals surface area contributed by atoms with Crippen molar-refractivity contribution in [1.29, 1.82) is 0 Å². The molecule has 2 aromatic carbocycles. The van der Waals surface area contributed by atoms with Gasteiger partial charge in [0, 0.05) is 61.6 Å². The smallest absolute Gasteiger partial charge is 0.324 e. The lowest BCUT2D eigenvalue weighted by molar-refractivity contribution is -0.117. The second-order valence-corrected chi connectivity index (χ2v) is 10.7. The van der Waals surface area contributed by atoms with Crippen LogP contribution in [0.3, 0.4) is 0 Å². The molecule has 4 aromatic rings. The molecule has 2 aromatic heterocycles. The van der Waals surface area contributed by atoms with Gasteiger partial charge in [0.25, 0.3) is 0 Å². The predicted molar refractivity (Wildman–Crippen MR) is 159 cm³/mol. The van der Waals surface area contributed by atoms with E-state index in [9.17, 15) is 9.59 Å². The van der Waals surface area contributed by atoms with Crippen molar-refractivity contribution in [2.45, 2.75) is 26.0 Å². The molecular formula is C32H29FN6O4. The third-order valence-corrected chi connectivity index (χ3v) is 8.01. The van der Waals surface area contributed by atoms with E-state index in [1.807, 2.05) is 36.4 Å². The number of pyridine rings is 2. The predicted octanol–water partition coefficient (Wildman–Crippen LogP) is 5.50. The van der Waals surface area contributed by atoms with E-state index in [0.29, 0.717) is 67.5 Å². The molecule has 0 radical (unpaired) electrons. The van der Waals surface area contributed by atoms with Gasteiger partial charge in [-0.05, 0) is 42.3 Å². The van der Waals surface area contributed by atoms with Gasteiger partial charge < -0.3 is 24.6 Å². The van der Waals surface area contributed by atoms with E-state index in [0.717, 1.165) is 22.4 Å². The molecule has 3 aliphatic rings. The average molecular weight is 581 g/mol. The summed E-state index contributed by atoms with van der Waals surface area (Å²) in [5.41, 5.74) is 4.87. The number of carbonyl (C=O) groups is 2. The van der Waals surface area contributed by atoms with Gasteiger partial charge in [-0.25, -0.2) is 14.2 Å². The SMILES string of the molecule is COc1ccc(CN2CCN(c3cncc(Nc4cc5c(cn4)-c4cc(F)c(N6CCCC6=O)cc4OC5)c3)C2=O)cc1. The van der Waals surface area contributed by atoms with Crippen LogP contribution in [-0.4, -0.2) is 53.6 Å². The Kier molecular flexibility index (Phi) is 6.77. The molecule has 10 nitrogen and oxygen atoms in total. The highest BCUT2D eigenvalue weighted by atomic mass is 19.1. The second-order valence-electron chi connectivity index (χ2n) is 10.7. The van der Waals surface area contributed by atoms with Crippen LogP contribution in [0.2, 0.25) is 0 Å². The van der Waals surface area contributed by atoms with Crippen molar-refractivity contribution in [3.05, 3.63) is 84.1 Å². The minimum atomic E-state index is -0.463. The highest BCUT2D eigenvalue weighted by Gasteiger charge is 2.30. The number of benzene rings is 2. The van der Waals surface area contributed by atoms with Crippen LogP contribution in [0, 0.1) is 5.82 Å². The van der Waals surface area contributed by atoms with Crippen molar-refractivity contribution in [1.82, 2.24) is 14.9 Å². The maximum absolute atomic E-state index is 15.1. The summed E-state index contributed by atoms with van der Waals surface area (Å²) in [5, 5.41) is 3.27. The summed E-state index contributed by atoms with van der Waals surface area (Å²) in [6.07, 6.45) is 6.17. The molecule has 43 heavy (non-hydrogen) atoms. The first kappa shape index (κ1) is 26.7. The molecule has 0 bridgehead atoms. The molecule has 0 aliphatic carbocycles. The quantitative estimate of drug-likeness (QED) is 0.308. The van der Waals surface area contributed by atoms with Gasteiger partial charge in [0.2, 0.25) is 5.91 Å². The zero-order valence-electron chi connectivity index (χ0n) is 23.5. The fraction of sp³-hybridized carbons (Fsp3) is 0.250. The molecule has 7 rings (SSSR count). The van der Waals surface area contributed by atoms with Crippen LogP contribution in [0.25, 0.3) is 11.1 Å². The van der Waals surface area contributed by atoms with Crippen LogP contribution < -0.4 is 24.6 Å². The molecule has 11 heteroatoms. The van der Waals surface area contributed by atoms with E-state index in [4.69, 9.17) is 9.47 Å². The summed E-state index contributed by atoms with van der Waals surface area (Å²) in [7, 11) is 1.63. The van der Waals surface area contributed by atoms with Gasteiger partial charge in [0.1, 0.15) is 29.7 Å². The van der Waals surface area contributed by atoms with Gasteiger partial charge >= 0.3 is 6.03 Å². The number of aromatic nitrogens is 2. The molecule has 2 fully saturated rings. The van der Waals surface area contributed by atoms with Crippen molar-refractivity contribution in [2.24, 2.45) is 0 Å². The first-order valence-electron chi connectivity index (χ1n) is 14.1. The van der Waals surface area contributed by atoms with E-state index >= 15 is 4.39 Å². The fourth-order valence-electron chi connectivity index (χ4n) is 5.78. The fourth-order valence-corrected chi connectivity index (χ4v) is 5.78. The minimum absolute atomic E-state index is 0.0778. The molecular weight excluding hydrogens is 551 g/mol. The Morgan fingerprint density at radius 2 is 1.84 bits per heavy atom. The van der Waals surface area contributed by atoms with E-state index in [1.54, 1.807) is 41.6 Å². The highest BCUT2D eigenvalue weighted by Crippen LogP contribution is 2.42. The van der Waals surface area contributed by atoms with Crippen molar-refractivity contribution in [2.75, 3.05) is 41.9 Å². The maximum Gasteiger partial charge on any atom is 0.324 e. The van der Waals surface area contributed by atoms with E-state index in [-0.39, 0.29) is 24.2 Å². The number of urea groups is 1. The monoisotopic (exact) mass is 580 g/mol. The standard InChI is InChI=1S/C32H29FN6O4/c1-42-24-6-4-20(5-7-24)18-37-9-10-38(32(37)41)23-12-22(15-34-16-23)36-30-11-21-19-43-29-14-28(39-8-2-3-31(39)40)27(33)13-25(29)26(21)17-35-30/h4-7,11-17H,2-3,8-10,18-19H2,1H3,(H,35,36). The molecule has 5 heterocycles. The van der Waals surface area contributed by atoms with Crippen molar-refractivity contribution < 1.29 is 23.5 Å². The number of fused-ring (bicyclic) bond motifs is 3. The van der Waals surface area contributed by atoms with Gasteiger partial charge in [0.05, 0.1) is 36.6 Å². The molecule has 3 amide bonds. The zero-order valence-corrected chi connectivity index (χ0v) is 23.5. The number of nitrogens with one attached hydrogen (secondary N) is 1. The number of ether oxygens (including phenoxy) is 2. The van der Waals surface area contributed by atoms with Gasteiger partial charge in [-0.2, -0.15) is 0 Å². The van der Waals surface area contributed by atoms with Crippen molar-refractivity contribution in [3.8, 4) is 22.6 Å². The van der Waals surface area contributed by atoms with Gasteiger partial charge in [-0.15, -0.1) is 0 Å². The number of anilines is 4.